The number of methoxy groups -OCH3 is 3. The second kappa shape index (κ2) is 18.9. The molecule has 2 aliphatic rings. The number of hydrogen-bond acceptors (Lipinski definition) is 13. The van der Waals surface area contributed by atoms with Gasteiger partial charge in [-0.25, -0.2) is 4.39 Å². The third-order valence-electron chi connectivity index (χ3n) is 11.8. The maximum Gasteiger partial charge on any atom is 0.294 e. The lowest BCUT2D eigenvalue weighted by Crippen LogP contribution is -2.61. The summed E-state index contributed by atoms with van der Waals surface area (Å²) in [7, 11) is 4.30. The molecule has 8 rings (SSSR count). The van der Waals surface area contributed by atoms with Gasteiger partial charge in [-0.05, 0) is 56.3 Å². The molecule has 17 nitrogen and oxygen atoms in total. The van der Waals surface area contributed by atoms with E-state index < -0.39 is 47.1 Å². The summed E-state index contributed by atoms with van der Waals surface area (Å²) in [6, 6.07) is 18.8. The molecule has 3 aromatic carbocycles. The molecular formula is C47H47ClFN5O12. The Morgan fingerprint density at radius 2 is 1.35 bits per heavy atom. The zero-order chi connectivity index (χ0) is 46.8. The van der Waals surface area contributed by atoms with E-state index in [9.17, 15) is 19.2 Å². The van der Waals surface area contributed by atoms with Crippen LogP contribution in [0.1, 0.15) is 51.8 Å². The average molecular weight is 928 g/mol. The fraction of sp³-hybridized carbons (Fsp3) is 0.340. The molecule has 0 spiro atoms. The van der Waals surface area contributed by atoms with E-state index in [2.05, 4.69) is 15.6 Å². The largest absolute Gasteiger partial charge is 0.496 e. The van der Waals surface area contributed by atoms with Crippen molar-refractivity contribution >= 4 is 57.2 Å². The highest BCUT2D eigenvalue weighted by Crippen LogP contribution is 2.40. The fourth-order valence-electron chi connectivity index (χ4n) is 8.17. The lowest BCUT2D eigenvalue weighted by atomic mass is 9.98. The van der Waals surface area contributed by atoms with E-state index in [-0.39, 0.29) is 92.0 Å². The molecule has 0 saturated heterocycles. The van der Waals surface area contributed by atoms with Crippen LogP contribution in [-0.2, 0) is 38.8 Å². The summed E-state index contributed by atoms with van der Waals surface area (Å²) in [6.07, 6.45) is 1.58. The van der Waals surface area contributed by atoms with Gasteiger partial charge < -0.3 is 57.7 Å². The molecular weight excluding hydrogens is 881 g/mol. The Kier molecular flexibility index (Phi) is 13.1. The maximum absolute atomic E-state index is 15.9. The zero-order valence-corrected chi connectivity index (χ0v) is 37.5. The summed E-state index contributed by atoms with van der Waals surface area (Å²) >= 11 is 6.44. The van der Waals surface area contributed by atoms with Gasteiger partial charge in [0.2, 0.25) is 23.3 Å². The van der Waals surface area contributed by atoms with E-state index in [0.29, 0.717) is 38.9 Å². The van der Waals surface area contributed by atoms with Crippen LogP contribution in [0, 0.1) is 5.82 Å². The summed E-state index contributed by atoms with van der Waals surface area (Å²) < 4.78 is 62.6. The third kappa shape index (κ3) is 8.31. The quantitative estimate of drug-likeness (QED) is 0.106. The Bertz CT molecular complexity index is 2830. The number of para-hydroxylation sites is 2. The van der Waals surface area contributed by atoms with Crippen LogP contribution in [-0.4, -0.2) is 110 Å². The normalized spacial score (nSPS) is 18.2. The van der Waals surface area contributed by atoms with Crippen LogP contribution in [0.25, 0.3) is 21.9 Å². The first-order chi connectivity index (χ1) is 31.8. The van der Waals surface area contributed by atoms with Gasteiger partial charge >= 0.3 is 0 Å². The molecule has 5 heterocycles. The molecule has 2 N–H and O–H groups in total. The van der Waals surface area contributed by atoms with Crippen molar-refractivity contribution in [1.82, 2.24) is 25.4 Å². The number of furan rings is 2. The van der Waals surface area contributed by atoms with Gasteiger partial charge in [0.25, 0.3) is 11.8 Å². The summed E-state index contributed by atoms with van der Waals surface area (Å²) in [4.78, 5) is 63.7. The summed E-state index contributed by atoms with van der Waals surface area (Å²) in [5, 5.41) is 6.50. The minimum absolute atomic E-state index is 0.00236. The lowest BCUT2D eigenvalue weighted by molar-refractivity contribution is -0.134. The fourth-order valence-corrected chi connectivity index (χ4v) is 8.42. The predicted molar refractivity (Wildman–Crippen MR) is 236 cm³/mol. The molecule has 66 heavy (non-hydrogen) atoms. The monoisotopic (exact) mass is 927 g/mol. The molecule has 0 bridgehead atoms. The van der Waals surface area contributed by atoms with Crippen LogP contribution < -0.4 is 29.6 Å². The molecule has 6 aromatic rings. The number of carbonyl (C=O) groups excluding carboxylic acids is 4. The number of nitrogens with one attached hydrogen (secondary N) is 2. The Morgan fingerprint density at radius 3 is 1.91 bits per heavy atom. The van der Waals surface area contributed by atoms with Crippen LogP contribution >= 0.6 is 11.6 Å². The summed E-state index contributed by atoms with van der Waals surface area (Å²) in [5.74, 6) is -2.43. The van der Waals surface area contributed by atoms with E-state index in [1.165, 1.54) is 44.1 Å². The highest BCUT2D eigenvalue weighted by molar-refractivity contribution is 6.31. The van der Waals surface area contributed by atoms with Gasteiger partial charge in [-0.1, -0.05) is 35.9 Å². The highest BCUT2D eigenvalue weighted by Gasteiger charge is 2.49. The number of fused-ring (bicyclic) bond motifs is 6. The molecule has 0 fully saturated rings. The molecule has 346 valence electrons. The van der Waals surface area contributed by atoms with Crippen molar-refractivity contribution in [1.29, 1.82) is 0 Å². The van der Waals surface area contributed by atoms with Crippen LogP contribution in [0.4, 0.5) is 4.39 Å². The number of nitrogens with zero attached hydrogens (tertiary/aromatic N) is 3. The Labute approximate surface area is 382 Å². The van der Waals surface area contributed by atoms with E-state index in [1.54, 1.807) is 73.8 Å². The third-order valence-corrected chi connectivity index (χ3v) is 12.1. The number of aromatic nitrogens is 1. The second-order valence-corrected chi connectivity index (χ2v) is 16.4. The Morgan fingerprint density at radius 1 is 0.788 bits per heavy atom. The summed E-state index contributed by atoms with van der Waals surface area (Å²) in [5.41, 5.74) is -1.60. The summed E-state index contributed by atoms with van der Waals surface area (Å²) in [6.45, 7) is 1.88. The molecule has 4 amide bonds. The number of ether oxygens (including phenoxy) is 6. The van der Waals surface area contributed by atoms with E-state index >= 15 is 4.39 Å². The average Bonchev–Trinajstić information content (AvgIpc) is 3.84. The van der Waals surface area contributed by atoms with Crippen molar-refractivity contribution in [3.8, 4) is 23.0 Å². The van der Waals surface area contributed by atoms with Crippen molar-refractivity contribution in [2.24, 2.45) is 0 Å². The van der Waals surface area contributed by atoms with E-state index in [4.69, 9.17) is 48.9 Å². The Balaban J connectivity index is 0.996. The number of carbonyl (C=O) groups is 4. The minimum atomic E-state index is -1.61. The minimum Gasteiger partial charge on any atom is -0.496 e. The molecule has 2 aliphatic heterocycles. The van der Waals surface area contributed by atoms with Gasteiger partial charge in [-0.2, -0.15) is 0 Å². The number of halogens is 2. The van der Waals surface area contributed by atoms with Crippen molar-refractivity contribution in [3.63, 3.8) is 0 Å². The van der Waals surface area contributed by atoms with Crippen LogP contribution in [0.15, 0.2) is 81.8 Å². The molecule has 3 aromatic heterocycles. The van der Waals surface area contributed by atoms with Crippen molar-refractivity contribution in [2.75, 3.05) is 60.8 Å². The van der Waals surface area contributed by atoms with Gasteiger partial charge in [-0.3, -0.25) is 24.2 Å². The molecule has 19 heteroatoms. The SMILES string of the molecule is COCCN1C(=O)c2oc3ccccc3c2OCC1(C)C(=O)NCc1c(F)c(Cl)cc(COCCN2C(=O)c3oc4ccccc4c3OCC2(C)C(=O)NCc2ncccc2OC)c1OC. The Hall–Kier alpha value is -6.89. The highest BCUT2D eigenvalue weighted by atomic mass is 35.5. The number of hydrogen-bond donors (Lipinski definition) is 2. The second-order valence-electron chi connectivity index (χ2n) is 16.0. The van der Waals surface area contributed by atoms with Gasteiger partial charge in [0, 0.05) is 38.5 Å². The first-order valence-electron chi connectivity index (χ1n) is 20.9. The molecule has 2 atom stereocenters. The molecule has 2 unspecified atom stereocenters. The zero-order valence-electron chi connectivity index (χ0n) is 36.8. The van der Waals surface area contributed by atoms with Gasteiger partial charge in [0.05, 0.1) is 61.9 Å². The lowest BCUT2D eigenvalue weighted by Gasteiger charge is -2.37. The van der Waals surface area contributed by atoms with Gasteiger partial charge in [-0.15, -0.1) is 0 Å². The number of amides is 4. The number of benzene rings is 3. The maximum atomic E-state index is 15.9. The molecule has 0 aliphatic carbocycles. The predicted octanol–water partition coefficient (Wildman–Crippen LogP) is 6.07. The van der Waals surface area contributed by atoms with Crippen LogP contribution in [0.5, 0.6) is 23.0 Å². The van der Waals surface area contributed by atoms with E-state index in [0.717, 1.165) is 0 Å². The first-order valence-corrected chi connectivity index (χ1v) is 21.3. The smallest absolute Gasteiger partial charge is 0.294 e. The molecule has 0 saturated carbocycles. The van der Waals surface area contributed by atoms with Crippen molar-refractivity contribution < 1.29 is 60.8 Å². The number of rotatable bonds is 16. The molecule has 0 radical (unpaired) electrons. The van der Waals surface area contributed by atoms with Gasteiger partial charge in [0.1, 0.15) is 47.4 Å². The topological polar surface area (TPSA) is 193 Å². The first kappa shape index (κ1) is 45.7. The van der Waals surface area contributed by atoms with Crippen LogP contribution in [0.3, 0.4) is 0 Å². The van der Waals surface area contributed by atoms with Crippen molar-refractivity contribution in [2.45, 2.75) is 44.6 Å². The number of pyridine rings is 1. The van der Waals surface area contributed by atoms with Gasteiger partial charge in [0.15, 0.2) is 22.6 Å². The van der Waals surface area contributed by atoms with E-state index in [1.807, 2.05) is 0 Å². The van der Waals surface area contributed by atoms with Crippen LogP contribution in [0.2, 0.25) is 5.02 Å². The standard InChI is InChI=1S/C47H47ClFN5O12/c1-46(25-63-38-28-11-6-8-13-33(28)65-40(38)42(55)53(46)17-19-59-3)44(57)51-22-30-36(49)31(48)21-27(37(30)61-5)24-62-20-18-54-43(56)41-39(29-12-7-9-14-34(29)66-41)64-26-47(54,2)45(58)52-23-32-35(60-4)15-10-16-50-32/h6-16,21H,17-20,22-26H2,1-5H3,(H,51,57)(H,52,58). The van der Waals surface area contributed by atoms with Crippen molar-refractivity contribution in [3.05, 3.63) is 112 Å².